The summed E-state index contributed by atoms with van der Waals surface area (Å²) in [5.74, 6) is 0. The van der Waals surface area contributed by atoms with Gasteiger partial charge in [-0.15, -0.1) is 0 Å². The third-order valence-electron chi connectivity index (χ3n) is 2.62. The van der Waals surface area contributed by atoms with Crippen molar-refractivity contribution in [3.8, 4) is 0 Å². The number of pyridine rings is 1. The smallest absolute Gasteiger partial charge is 0.264 e. The van der Waals surface area contributed by atoms with Crippen LogP contribution in [0.5, 0.6) is 0 Å². The highest BCUT2D eigenvalue weighted by Crippen LogP contribution is 2.22. The Hall–Kier alpha value is -0.770. The van der Waals surface area contributed by atoms with Crippen molar-refractivity contribution in [2.24, 2.45) is 5.41 Å². The fourth-order valence-electron chi connectivity index (χ4n) is 1.31. The summed E-state index contributed by atoms with van der Waals surface area (Å²) in [7, 11) is 0. The predicted molar refractivity (Wildman–Crippen MR) is 66.9 cm³/mol. The van der Waals surface area contributed by atoms with Gasteiger partial charge in [-0.2, -0.15) is 0 Å². The first-order chi connectivity index (χ1) is 6.85. The Bertz CT molecular complexity index is 410. The molecule has 0 aliphatic rings. The Labute approximate surface area is 98.4 Å². The second-order valence-corrected chi connectivity index (χ2v) is 5.43. The zero-order valence-electron chi connectivity index (χ0n) is 9.38. The quantitative estimate of drug-likeness (QED) is 0.920. The van der Waals surface area contributed by atoms with Gasteiger partial charge >= 0.3 is 0 Å². The molecule has 0 aliphatic carbocycles. The molecule has 0 radical (unpaired) electrons. The minimum atomic E-state index is -0.0225. The van der Waals surface area contributed by atoms with Crippen LogP contribution in [0, 0.1) is 5.41 Å². The number of hydrogen-bond acceptors (Lipinski definition) is 2. The molecule has 15 heavy (non-hydrogen) atoms. The molecule has 0 aromatic carbocycles. The van der Waals surface area contributed by atoms with Crippen LogP contribution >= 0.6 is 15.9 Å². The van der Waals surface area contributed by atoms with Gasteiger partial charge in [0.2, 0.25) is 0 Å². The summed E-state index contributed by atoms with van der Waals surface area (Å²) in [5.41, 5.74) is 6.39. The summed E-state index contributed by atoms with van der Waals surface area (Å²) in [5, 5.41) is 0. The highest BCUT2D eigenvalue weighted by molar-refractivity contribution is 9.10. The van der Waals surface area contributed by atoms with Crippen LogP contribution in [0.1, 0.15) is 27.2 Å². The Morgan fingerprint density at radius 2 is 2.13 bits per heavy atom. The van der Waals surface area contributed by atoms with Gasteiger partial charge in [-0.3, -0.25) is 4.79 Å². The largest absolute Gasteiger partial charge is 0.398 e. The van der Waals surface area contributed by atoms with Gasteiger partial charge in [0.15, 0.2) is 0 Å². The molecule has 1 aromatic heterocycles. The van der Waals surface area contributed by atoms with Gasteiger partial charge in [-0.25, -0.2) is 0 Å². The zero-order valence-corrected chi connectivity index (χ0v) is 11.0. The third-order valence-corrected chi connectivity index (χ3v) is 3.19. The normalized spacial score (nSPS) is 11.7. The molecule has 1 heterocycles. The van der Waals surface area contributed by atoms with Gasteiger partial charge in [0.25, 0.3) is 5.56 Å². The monoisotopic (exact) mass is 272 g/mol. The van der Waals surface area contributed by atoms with Crippen molar-refractivity contribution in [3.05, 3.63) is 27.1 Å². The maximum absolute atomic E-state index is 11.8. The molecule has 0 atom stereocenters. The van der Waals surface area contributed by atoms with Crippen molar-refractivity contribution in [3.63, 3.8) is 0 Å². The number of nitrogen functional groups attached to an aromatic ring is 1. The predicted octanol–water partition coefficient (Wildman–Crippen LogP) is 2.63. The first kappa shape index (κ1) is 12.3. The molecule has 1 aromatic rings. The molecule has 0 aliphatic heterocycles. The number of hydrogen-bond donors (Lipinski definition) is 1. The lowest BCUT2D eigenvalue weighted by atomic mass is 9.90. The topological polar surface area (TPSA) is 48.0 Å². The van der Waals surface area contributed by atoms with E-state index in [0.717, 1.165) is 6.42 Å². The van der Waals surface area contributed by atoms with Crippen molar-refractivity contribution in [2.45, 2.75) is 33.7 Å². The van der Waals surface area contributed by atoms with E-state index in [1.807, 2.05) is 0 Å². The van der Waals surface area contributed by atoms with Crippen LogP contribution in [0.4, 0.5) is 5.69 Å². The van der Waals surface area contributed by atoms with E-state index >= 15 is 0 Å². The molecule has 0 amide bonds. The second kappa shape index (κ2) is 4.39. The number of anilines is 1. The minimum Gasteiger partial charge on any atom is -0.398 e. The van der Waals surface area contributed by atoms with E-state index in [4.69, 9.17) is 5.73 Å². The number of nitrogens with two attached hydrogens (primary N) is 1. The lowest BCUT2D eigenvalue weighted by Crippen LogP contribution is -2.28. The van der Waals surface area contributed by atoms with E-state index in [1.54, 1.807) is 16.8 Å². The number of aromatic nitrogens is 1. The average Bonchev–Trinajstić information content (AvgIpc) is 2.13. The van der Waals surface area contributed by atoms with Crippen molar-refractivity contribution < 1.29 is 0 Å². The van der Waals surface area contributed by atoms with E-state index < -0.39 is 0 Å². The summed E-state index contributed by atoms with van der Waals surface area (Å²) in [4.78, 5) is 11.8. The summed E-state index contributed by atoms with van der Waals surface area (Å²) in [6.45, 7) is 7.07. The van der Waals surface area contributed by atoms with Gasteiger partial charge in [0.1, 0.15) is 0 Å². The van der Waals surface area contributed by atoms with E-state index in [9.17, 15) is 4.79 Å². The zero-order chi connectivity index (χ0) is 11.6. The van der Waals surface area contributed by atoms with Crippen molar-refractivity contribution in [1.29, 1.82) is 0 Å². The Kier molecular flexibility index (Phi) is 3.60. The molecule has 3 nitrogen and oxygen atoms in total. The van der Waals surface area contributed by atoms with Crippen molar-refractivity contribution in [2.75, 3.05) is 5.73 Å². The number of rotatable bonds is 3. The summed E-state index contributed by atoms with van der Waals surface area (Å²) >= 11 is 3.21. The molecule has 1 rings (SSSR count). The van der Waals surface area contributed by atoms with Gasteiger partial charge < -0.3 is 10.3 Å². The van der Waals surface area contributed by atoms with Crippen LogP contribution in [0.2, 0.25) is 0 Å². The molecule has 0 unspecified atom stereocenters. The first-order valence-corrected chi connectivity index (χ1v) is 5.80. The maximum atomic E-state index is 11.8. The van der Waals surface area contributed by atoms with Crippen LogP contribution in [0.15, 0.2) is 21.5 Å². The standard InChI is InChI=1S/C11H17BrN2O/c1-4-11(2,3)7-14-6-8(13)5-9(12)10(14)15/h5-6H,4,7,13H2,1-3H3. The van der Waals surface area contributed by atoms with Crippen LogP contribution in [0.3, 0.4) is 0 Å². The molecule has 0 bridgehead atoms. The van der Waals surface area contributed by atoms with Crippen LogP contribution in [0.25, 0.3) is 0 Å². The summed E-state index contributed by atoms with van der Waals surface area (Å²) < 4.78 is 2.19. The molecule has 84 valence electrons. The van der Waals surface area contributed by atoms with Crippen LogP contribution in [-0.2, 0) is 6.54 Å². The minimum absolute atomic E-state index is 0.0225. The average molecular weight is 273 g/mol. The Balaban J connectivity index is 3.11. The van der Waals surface area contributed by atoms with Gasteiger partial charge in [-0.05, 0) is 33.8 Å². The number of halogens is 1. The van der Waals surface area contributed by atoms with Gasteiger partial charge in [0, 0.05) is 18.4 Å². The molecule has 0 saturated carbocycles. The Morgan fingerprint density at radius 1 is 1.53 bits per heavy atom. The summed E-state index contributed by atoms with van der Waals surface area (Å²) in [6.07, 6.45) is 2.72. The van der Waals surface area contributed by atoms with E-state index in [-0.39, 0.29) is 11.0 Å². The second-order valence-electron chi connectivity index (χ2n) is 4.57. The fourth-order valence-corrected chi connectivity index (χ4v) is 1.80. The maximum Gasteiger partial charge on any atom is 0.264 e. The first-order valence-electron chi connectivity index (χ1n) is 5.01. The van der Waals surface area contributed by atoms with Crippen molar-refractivity contribution >= 4 is 21.6 Å². The van der Waals surface area contributed by atoms with Crippen LogP contribution in [-0.4, -0.2) is 4.57 Å². The molecular weight excluding hydrogens is 256 g/mol. The van der Waals surface area contributed by atoms with E-state index in [2.05, 4.69) is 36.7 Å². The lowest BCUT2D eigenvalue weighted by Gasteiger charge is -2.23. The molecular formula is C11H17BrN2O. The molecule has 0 saturated heterocycles. The van der Waals surface area contributed by atoms with Crippen LogP contribution < -0.4 is 11.3 Å². The Morgan fingerprint density at radius 3 is 2.67 bits per heavy atom. The van der Waals surface area contributed by atoms with Gasteiger partial charge in [0.05, 0.1) is 4.47 Å². The highest BCUT2D eigenvalue weighted by atomic mass is 79.9. The number of nitrogens with zero attached hydrogens (tertiary/aromatic N) is 1. The van der Waals surface area contributed by atoms with E-state index in [0.29, 0.717) is 16.7 Å². The fraction of sp³-hybridized carbons (Fsp3) is 0.545. The third kappa shape index (κ3) is 3.09. The molecule has 4 heteroatoms. The molecule has 0 fully saturated rings. The lowest BCUT2D eigenvalue weighted by molar-refractivity contribution is 0.290. The SMILES string of the molecule is CCC(C)(C)Cn1cc(N)cc(Br)c1=O. The van der Waals surface area contributed by atoms with Crippen molar-refractivity contribution in [1.82, 2.24) is 4.57 Å². The molecule has 0 spiro atoms. The van der Waals surface area contributed by atoms with E-state index in [1.165, 1.54) is 0 Å². The summed E-state index contributed by atoms with van der Waals surface area (Å²) in [6, 6.07) is 1.64. The molecule has 2 N–H and O–H groups in total. The van der Waals surface area contributed by atoms with Gasteiger partial charge in [-0.1, -0.05) is 20.8 Å². The highest BCUT2D eigenvalue weighted by Gasteiger charge is 2.17.